The average molecular weight is 479 g/mol. The number of ketones is 1. The average Bonchev–Trinajstić information content (AvgIpc) is 3.48. The number of amides is 2. The van der Waals surface area contributed by atoms with Crippen molar-refractivity contribution in [1.82, 2.24) is 20.4 Å². The topological polar surface area (TPSA) is 119 Å². The maximum atomic E-state index is 13.1. The third-order valence-electron chi connectivity index (χ3n) is 7.50. The number of β-lactam (4-membered cyclic amide) rings is 1. The summed E-state index contributed by atoms with van der Waals surface area (Å²) in [6.45, 7) is 5.38. The predicted octanol–water partition coefficient (Wildman–Crippen LogP) is 0.659. The zero-order valence-corrected chi connectivity index (χ0v) is 20.5. The number of nitrogens with zero attached hydrogens (tertiary/aromatic N) is 2. The van der Waals surface area contributed by atoms with Gasteiger partial charge in [0.15, 0.2) is 0 Å². The number of aliphatic carboxylic acids is 1. The highest BCUT2D eigenvalue weighted by atomic mass is 32.2. The van der Waals surface area contributed by atoms with Crippen molar-refractivity contribution in [3.05, 3.63) is 10.6 Å². The van der Waals surface area contributed by atoms with Gasteiger partial charge in [-0.3, -0.25) is 14.4 Å². The molecule has 0 saturated carbocycles. The van der Waals surface area contributed by atoms with Crippen molar-refractivity contribution in [2.24, 2.45) is 17.8 Å². The van der Waals surface area contributed by atoms with E-state index in [9.17, 15) is 24.3 Å². The van der Waals surface area contributed by atoms with Gasteiger partial charge >= 0.3 is 5.97 Å². The smallest absolute Gasteiger partial charge is 0.353 e. The molecule has 0 aromatic rings. The van der Waals surface area contributed by atoms with E-state index in [2.05, 4.69) is 10.6 Å². The number of Topliss-reactive ketones (excluding diaryl/α,β-unsaturated/α-hetero) is 1. The third-order valence-corrected chi connectivity index (χ3v) is 9.01. The molecule has 182 valence electrons. The lowest BCUT2D eigenvalue weighted by atomic mass is 9.73. The molecule has 33 heavy (non-hydrogen) atoms. The molecule has 0 aliphatic carbocycles. The number of nitrogens with one attached hydrogen (secondary N) is 2. The zero-order chi connectivity index (χ0) is 24.0. The van der Waals surface area contributed by atoms with Crippen molar-refractivity contribution in [3.8, 4) is 0 Å². The van der Waals surface area contributed by atoms with Crippen LogP contribution in [0.1, 0.15) is 39.5 Å². The van der Waals surface area contributed by atoms with Gasteiger partial charge in [0.05, 0.1) is 24.0 Å². The molecule has 3 saturated heterocycles. The number of carbonyl (C=O) groups excluding carboxylic acids is 3. The molecule has 0 spiro atoms. The molecule has 7 atom stereocenters. The first-order chi connectivity index (χ1) is 15.6. The second-order valence-corrected chi connectivity index (χ2v) is 11.3. The molecule has 4 heterocycles. The summed E-state index contributed by atoms with van der Waals surface area (Å²) in [5.74, 6) is -1.72. The molecule has 9 nitrogen and oxygen atoms in total. The van der Waals surface area contributed by atoms with Crippen LogP contribution in [0.5, 0.6) is 0 Å². The van der Waals surface area contributed by atoms with E-state index in [0.717, 1.165) is 19.4 Å². The molecule has 0 aromatic heterocycles. The Labute approximate surface area is 198 Å². The monoisotopic (exact) mass is 478 g/mol. The maximum Gasteiger partial charge on any atom is 0.353 e. The fourth-order valence-electron chi connectivity index (χ4n) is 5.79. The summed E-state index contributed by atoms with van der Waals surface area (Å²) in [4.78, 5) is 53.9. The van der Waals surface area contributed by atoms with Gasteiger partial charge in [0.1, 0.15) is 11.5 Å². The number of hydrogen-bond acceptors (Lipinski definition) is 7. The second kappa shape index (κ2) is 9.38. The lowest BCUT2D eigenvalue weighted by Gasteiger charge is -2.47. The number of thioether (sulfide) groups is 1. The van der Waals surface area contributed by atoms with Gasteiger partial charge in [-0.15, -0.1) is 11.8 Å². The molecule has 0 aromatic carbocycles. The summed E-state index contributed by atoms with van der Waals surface area (Å²) in [5, 5.41) is 16.5. The van der Waals surface area contributed by atoms with Gasteiger partial charge in [-0.2, -0.15) is 0 Å². The van der Waals surface area contributed by atoms with E-state index in [1.165, 1.54) is 16.7 Å². The molecule has 4 aliphatic heterocycles. The van der Waals surface area contributed by atoms with E-state index in [1.807, 2.05) is 13.8 Å². The van der Waals surface area contributed by atoms with Crippen LogP contribution in [0.2, 0.25) is 0 Å². The normalized spacial score (nSPS) is 34.3. The summed E-state index contributed by atoms with van der Waals surface area (Å²) < 4.78 is 0. The number of likely N-dealkylation sites (N-methyl/N-ethyl adjacent to an activating group) is 1. The van der Waals surface area contributed by atoms with Crippen LogP contribution in [-0.4, -0.2) is 89.0 Å². The molecular formula is C23H34N4O5S. The summed E-state index contributed by atoms with van der Waals surface area (Å²) in [6, 6.07) is -0.616. The molecule has 0 unspecified atom stereocenters. The molecule has 2 amide bonds. The minimum atomic E-state index is -1.09. The molecule has 4 aliphatic rings. The van der Waals surface area contributed by atoms with Crippen LogP contribution < -0.4 is 10.6 Å². The number of rotatable bonds is 8. The van der Waals surface area contributed by atoms with Gasteiger partial charge < -0.3 is 25.5 Å². The Balaban J connectivity index is 1.45. The number of carboxylic acids is 1. The molecule has 4 rings (SSSR count). The first kappa shape index (κ1) is 24.2. The Morgan fingerprint density at radius 1 is 1.24 bits per heavy atom. The van der Waals surface area contributed by atoms with Gasteiger partial charge in [0.25, 0.3) is 0 Å². The van der Waals surface area contributed by atoms with E-state index in [4.69, 9.17) is 0 Å². The lowest BCUT2D eigenvalue weighted by Crippen LogP contribution is -2.62. The Hall–Kier alpha value is -1.91. The minimum Gasteiger partial charge on any atom is -0.477 e. The van der Waals surface area contributed by atoms with Crippen molar-refractivity contribution in [3.63, 3.8) is 0 Å². The fourth-order valence-corrected chi connectivity index (χ4v) is 7.26. The lowest BCUT2D eigenvalue weighted by molar-refractivity contribution is -0.160. The van der Waals surface area contributed by atoms with Crippen LogP contribution in [0.3, 0.4) is 0 Å². The summed E-state index contributed by atoms with van der Waals surface area (Å²) in [7, 11) is 3.44. The van der Waals surface area contributed by atoms with Crippen LogP contribution in [-0.2, 0) is 19.2 Å². The standard InChI is InChI=1S/C23H34N4O5S/c1-11(8-16(28)14-6-5-7-24-14)17-18-12(2)20(19(23(31)32)27(18)22(17)30)33-13-9-15(25-10-13)21(29)26(3)4/h11-15,17-18,24-25H,5-10H2,1-4H3,(H,31,32)/t11-,12+,13-,14-,15-,17+,18+/m0/s1. The van der Waals surface area contributed by atoms with Gasteiger partial charge in [-0.05, 0) is 31.7 Å². The van der Waals surface area contributed by atoms with Crippen LogP contribution >= 0.6 is 11.8 Å². The first-order valence-corrected chi connectivity index (χ1v) is 12.7. The highest BCUT2D eigenvalue weighted by molar-refractivity contribution is 8.03. The molecular weight excluding hydrogens is 444 g/mol. The second-order valence-electron chi connectivity index (χ2n) is 10.00. The summed E-state index contributed by atoms with van der Waals surface area (Å²) in [6.07, 6.45) is 2.78. The van der Waals surface area contributed by atoms with Gasteiger partial charge in [0.2, 0.25) is 11.8 Å². The minimum absolute atomic E-state index is 0.0133. The number of carbonyl (C=O) groups is 4. The largest absolute Gasteiger partial charge is 0.477 e. The van der Waals surface area contributed by atoms with Crippen molar-refractivity contribution in [1.29, 1.82) is 0 Å². The van der Waals surface area contributed by atoms with Crippen LogP contribution in [0, 0.1) is 17.8 Å². The van der Waals surface area contributed by atoms with Crippen molar-refractivity contribution in [2.45, 2.75) is 62.9 Å². The molecule has 0 bridgehead atoms. The van der Waals surface area contributed by atoms with E-state index in [-0.39, 0.29) is 64.4 Å². The van der Waals surface area contributed by atoms with E-state index < -0.39 is 5.97 Å². The quantitative estimate of drug-likeness (QED) is 0.436. The first-order valence-electron chi connectivity index (χ1n) is 11.8. The highest BCUT2D eigenvalue weighted by Gasteiger charge is 2.60. The van der Waals surface area contributed by atoms with Crippen molar-refractivity contribution >= 4 is 35.3 Å². The molecule has 10 heteroatoms. The fraction of sp³-hybridized carbons (Fsp3) is 0.739. The highest BCUT2D eigenvalue weighted by Crippen LogP contribution is 2.53. The maximum absolute atomic E-state index is 13.1. The van der Waals surface area contributed by atoms with Crippen LogP contribution in [0.4, 0.5) is 0 Å². The Bertz CT molecular complexity index is 884. The van der Waals surface area contributed by atoms with Crippen LogP contribution in [0.15, 0.2) is 10.6 Å². The number of fused-ring (bicyclic) bond motifs is 1. The summed E-state index contributed by atoms with van der Waals surface area (Å²) >= 11 is 1.48. The molecule has 0 radical (unpaired) electrons. The predicted molar refractivity (Wildman–Crippen MR) is 124 cm³/mol. The SMILES string of the molecule is C[C@@H](CC(=O)[C@@H]1CCCN1)[C@H]1C(=O)N2C(C(=O)O)=C(S[C@@H]3CN[C@H](C(=O)N(C)C)C3)[C@H](C)[C@H]12. The third kappa shape index (κ3) is 4.33. The van der Waals surface area contributed by atoms with Gasteiger partial charge in [-0.1, -0.05) is 13.8 Å². The molecule has 3 fully saturated rings. The van der Waals surface area contributed by atoms with E-state index in [1.54, 1.807) is 19.0 Å². The molecule has 3 N–H and O–H groups in total. The number of carboxylic acid groups (broad SMARTS) is 1. The Morgan fingerprint density at radius 3 is 2.58 bits per heavy atom. The Kier molecular flexibility index (Phi) is 6.89. The van der Waals surface area contributed by atoms with E-state index in [0.29, 0.717) is 24.3 Å². The van der Waals surface area contributed by atoms with E-state index >= 15 is 0 Å². The van der Waals surface area contributed by atoms with Gasteiger partial charge in [-0.25, -0.2) is 4.79 Å². The Morgan fingerprint density at radius 2 is 1.97 bits per heavy atom. The van der Waals surface area contributed by atoms with Crippen molar-refractivity contribution < 1.29 is 24.3 Å². The van der Waals surface area contributed by atoms with Crippen LogP contribution in [0.25, 0.3) is 0 Å². The number of hydrogen-bond donors (Lipinski definition) is 3. The zero-order valence-electron chi connectivity index (χ0n) is 19.7. The van der Waals surface area contributed by atoms with Crippen molar-refractivity contribution in [2.75, 3.05) is 27.2 Å². The summed E-state index contributed by atoms with van der Waals surface area (Å²) in [5.41, 5.74) is 0.0807. The van der Waals surface area contributed by atoms with Gasteiger partial charge in [0, 0.05) is 43.1 Å².